The molecule has 130 valence electrons. The quantitative estimate of drug-likeness (QED) is 0.531. The SMILES string of the molecule is CCOP(=O)(Nc1cc(C)sc1C(=O)OC)c1ccc(Cl)cc1Cl. The van der Waals surface area contributed by atoms with E-state index in [4.69, 9.17) is 32.5 Å². The van der Waals surface area contributed by atoms with Crippen LogP contribution in [0.15, 0.2) is 24.3 Å². The van der Waals surface area contributed by atoms with Crippen molar-refractivity contribution in [1.82, 2.24) is 0 Å². The van der Waals surface area contributed by atoms with Gasteiger partial charge in [0.1, 0.15) is 4.88 Å². The molecule has 1 aromatic heterocycles. The van der Waals surface area contributed by atoms with Gasteiger partial charge < -0.3 is 14.3 Å². The normalized spacial score (nSPS) is 13.4. The van der Waals surface area contributed by atoms with Crippen LogP contribution in [0.5, 0.6) is 0 Å². The molecule has 0 aliphatic heterocycles. The van der Waals surface area contributed by atoms with E-state index in [1.807, 2.05) is 6.92 Å². The van der Waals surface area contributed by atoms with Gasteiger partial charge in [-0.2, -0.15) is 0 Å². The first-order valence-electron chi connectivity index (χ1n) is 6.98. The highest BCUT2D eigenvalue weighted by Crippen LogP contribution is 2.49. The summed E-state index contributed by atoms with van der Waals surface area (Å²) in [5, 5.41) is 3.79. The minimum atomic E-state index is -3.56. The van der Waals surface area contributed by atoms with Gasteiger partial charge >= 0.3 is 13.5 Å². The van der Waals surface area contributed by atoms with Crippen molar-refractivity contribution in [1.29, 1.82) is 0 Å². The zero-order valence-corrected chi connectivity index (χ0v) is 16.5. The first-order valence-corrected chi connectivity index (χ1v) is 10.2. The molecule has 0 spiro atoms. The number of ether oxygens (including phenoxy) is 1. The number of carbonyl (C=O) groups is 1. The number of hydrogen-bond acceptors (Lipinski definition) is 5. The minimum Gasteiger partial charge on any atom is -0.465 e. The predicted molar refractivity (Wildman–Crippen MR) is 99.3 cm³/mol. The zero-order valence-electron chi connectivity index (χ0n) is 13.3. The molecule has 9 heteroatoms. The summed E-state index contributed by atoms with van der Waals surface area (Å²) in [7, 11) is -2.27. The Morgan fingerprint density at radius 2 is 2.04 bits per heavy atom. The van der Waals surface area contributed by atoms with Gasteiger partial charge in [-0.3, -0.25) is 4.57 Å². The molecule has 0 saturated heterocycles. The van der Waals surface area contributed by atoms with Gasteiger partial charge in [-0.1, -0.05) is 23.2 Å². The largest absolute Gasteiger partial charge is 0.465 e. The number of halogens is 2. The second-order valence-electron chi connectivity index (χ2n) is 4.77. The summed E-state index contributed by atoms with van der Waals surface area (Å²) in [6.07, 6.45) is 0. The zero-order chi connectivity index (χ0) is 17.9. The van der Waals surface area contributed by atoms with Crippen LogP contribution in [0.3, 0.4) is 0 Å². The van der Waals surface area contributed by atoms with Crippen molar-refractivity contribution >= 4 is 59.0 Å². The Morgan fingerprint density at radius 1 is 1.33 bits per heavy atom. The molecular weight excluding hydrogens is 392 g/mol. The van der Waals surface area contributed by atoms with E-state index in [0.717, 1.165) is 4.88 Å². The third-order valence-corrected chi connectivity index (χ3v) is 6.92. The number of hydrogen-bond donors (Lipinski definition) is 1. The van der Waals surface area contributed by atoms with Crippen LogP contribution in [0.4, 0.5) is 5.69 Å². The Balaban J connectivity index is 2.49. The number of esters is 1. The van der Waals surface area contributed by atoms with Crippen LogP contribution in [-0.2, 0) is 13.8 Å². The third kappa shape index (κ3) is 4.13. The maximum absolute atomic E-state index is 13.4. The Kier molecular flexibility index (Phi) is 6.34. The number of thiophene rings is 1. The number of nitrogens with one attached hydrogen (secondary N) is 1. The summed E-state index contributed by atoms with van der Waals surface area (Å²) < 4.78 is 23.6. The van der Waals surface area contributed by atoms with E-state index in [2.05, 4.69) is 5.09 Å². The maximum Gasteiger partial charge on any atom is 0.350 e. The molecule has 2 rings (SSSR count). The second-order valence-corrected chi connectivity index (χ2v) is 8.93. The van der Waals surface area contributed by atoms with Crippen molar-refractivity contribution < 1.29 is 18.6 Å². The highest BCUT2D eigenvalue weighted by molar-refractivity contribution is 7.68. The molecule has 5 nitrogen and oxygen atoms in total. The van der Waals surface area contributed by atoms with Gasteiger partial charge in [0.15, 0.2) is 0 Å². The molecule has 0 amide bonds. The molecule has 0 aliphatic rings. The van der Waals surface area contributed by atoms with Crippen molar-refractivity contribution in [2.24, 2.45) is 0 Å². The molecule has 0 fully saturated rings. The lowest BCUT2D eigenvalue weighted by molar-refractivity contribution is 0.0607. The number of anilines is 1. The molecule has 1 heterocycles. The van der Waals surface area contributed by atoms with Gasteiger partial charge in [0.25, 0.3) is 0 Å². The summed E-state index contributed by atoms with van der Waals surface area (Å²) in [6.45, 7) is 3.75. The average Bonchev–Trinajstić information content (AvgIpc) is 2.86. The standard InChI is InChI=1S/C15H16Cl2NO4PS/c1-4-22-23(20,13-6-5-10(16)8-11(13)17)18-12-7-9(2)24-14(12)15(19)21-3/h5-8H,4H2,1-3H3,(H,18,20). The van der Waals surface area contributed by atoms with Crippen molar-refractivity contribution in [3.05, 3.63) is 44.1 Å². The van der Waals surface area contributed by atoms with Crippen molar-refractivity contribution in [2.75, 3.05) is 18.8 Å². The van der Waals surface area contributed by atoms with E-state index in [1.54, 1.807) is 25.1 Å². The van der Waals surface area contributed by atoms with Crippen LogP contribution in [0, 0.1) is 6.92 Å². The van der Waals surface area contributed by atoms with E-state index in [0.29, 0.717) is 15.6 Å². The molecule has 1 N–H and O–H groups in total. The van der Waals surface area contributed by atoms with Gasteiger partial charge in [0.05, 0.1) is 29.7 Å². The number of carbonyl (C=O) groups excluding carboxylic acids is 1. The smallest absolute Gasteiger partial charge is 0.350 e. The highest BCUT2D eigenvalue weighted by Gasteiger charge is 2.31. The van der Waals surface area contributed by atoms with Crippen LogP contribution in [0.2, 0.25) is 10.0 Å². The van der Waals surface area contributed by atoms with Crippen LogP contribution in [0.1, 0.15) is 21.5 Å². The number of methoxy groups -OCH3 is 1. The highest BCUT2D eigenvalue weighted by atomic mass is 35.5. The molecular formula is C15H16Cl2NO4PS. The molecule has 0 saturated carbocycles. The van der Waals surface area contributed by atoms with E-state index >= 15 is 0 Å². The summed E-state index contributed by atoms with van der Waals surface area (Å²) >= 11 is 13.3. The van der Waals surface area contributed by atoms with E-state index < -0.39 is 13.5 Å². The Hall–Kier alpha value is -1.04. The van der Waals surface area contributed by atoms with E-state index in [9.17, 15) is 9.36 Å². The monoisotopic (exact) mass is 407 g/mol. The van der Waals surface area contributed by atoms with Crippen molar-refractivity contribution in [2.45, 2.75) is 13.8 Å². The average molecular weight is 408 g/mol. The fourth-order valence-corrected chi connectivity index (χ4v) is 5.57. The number of rotatable bonds is 6. The van der Waals surface area contributed by atoms with Crippen LogP contribution in [0.25, 0.3) is 0 Å². The Bertz CT molecular complexity index is 809. The van der Waals surface area contributed by atoms with Gasteiger partial charge in [0.2, 0.25) is 0 Å². The summed E-state index contributed by atoms with van der Waals surface area (Å²) in [6, 6.07) is 6.33. The van der Waals surface area contributed by atoms with Crippen molar-refractivity contribution in [3.8, 4) is 0 Å². The lowest BCUT2D eigenvalue weighted by atomic mass is 10.4. The molecule has 0 radical (unpaired) electrons. The summed E-state index contributed by atoms with van der Waals surface area (Å²) in [5.41, 5.74) is 0.382. The first kappa shape index (κ1) is 19.3. The molecule has 24 heavy (non-hydrogen) atoms. The topological polar surface area (TPSA) is 64.6 Å². The Morgan fingerprint density at radius 3 is 2.62 bits per heavy atom. The number of benzene rings is 1. The molecule has 1 atom stereocenters. The third-order valence-electron chi connectivity index (χ3n) is 3.03. The van der Waals surface area contributed by atoms with Gasteiger partial charge in [-0.25, -0.2) is 4.79 Å². The fraction of sp³-hybridized carbons (Fsp3) is 0.267. The lowest BCUT2D eigenvalue weighted by Gasteiger charge is -2.21. The van der Waals surface area contributed by atoms with Gasteiger partial charge in [0, 0.05) is 9.90 Å². The van der Waals surface area contributed by atoms with Crippen LogP contribution < -0.4 is 10.4 Å². The fourth-order valence-electron chi connectivity index (χ4n) is 2.06. The Labute approximate surface area is 154 Å². The first-order chi connectivity index (χ1) is 11.3. The van der Waals surface area contributed by atoms with Crippen LogP contribution in [-0.4, -0.2) is 19.7 Å². The van der Waals surface area contributed by atoms with Gasteiger partial charge in [-0.05, 0) is 38.1 Å². The molecule has 2 aromatic rings. The van der Waals surface area contributed by atoms with Gasteiger partial charge in [-0.15, -0.1) is 11.3 Å². The molecule has 1 unspecified atom stereocenters. The molecule has 0 aliphatic carbocycles. The predicted octanol–water partition coefficient (Wildman–Crippen LogP) is 5.12. The number of aryl methyl sites for hydroxylation is 1. The minimum absolute atomic E-state index is 0.194. The molecule has 1 aromatic carbocycles. The summed E-state index contributed by atoms with van der Waals surface area (Å²) in [4.78, 5) is 13.1. The van der Waals surface area contributed by atoms with Crippen molar-refractivity contribution in [3.63, 3.8) is 0 Å². The summed E-state index contributed by atoms with van der Waals surface area (Å²) in [5.74, 6) is -0.513. The maximum atomic E-state index is 13.4. The van der Waals surface area contributed by atoms with E-state index in [1.165, 1.54) is 24.5 Å². The van der Waals surface area contributed by atoms with Crippen LogP contribution >= 0.6 is 42.1 Å². The molecule has 0 bridgehead atoms. The van der Waals surface area contributed by atoms with E-state index in [-0.39, 0.29) is 16.9 Å². The second kappa shape index (κ2) is 7.89. The lowest BCUT2D eigenvalue weighted by Crippen LogP contribution is -2.16.